The third kappa shape index (κ3) is 3.98. The van der Waals surface area contributed by atoms with Crippen LogP contribution in [0.3, 0.4) is 0 Å². The zero-order valence-electron chi connectivity index (χ0n) is 12.2. The minimum Gasteiger partial charge on any atom is -0.271 e. The summed E-state index contributed by atoms with van der Waals surface area (Å²) in [6.45, 7) is 3.62. The van der Waals surface area contributed by atoms with Gasteiger partial charge in [0.1, 0.15) is 6.54 Å². The number of hydrogen-bond donors (Lipinski definition) is 1. The molecule has 1 N–H and O–H groups in total. The topological polar surface area (TPSA) is 102 Å². The first-order chi connectivity index (χ1) is 10.5. The summed E-state index contributed by atoms with van der Waals surface area (Å²) in [4.78, 5) is 21.8. The number of aromatic nitrogens is 2. The first-order valence-corrected chi connectivity index (χ1v) is 6.54. The smallest absolute Gasteiger partial charge is 0.269 e. The van der Waals surface area contributed by atoms with Gasteiger partial charge in [-0.25, -0.2) is 5.43 Å². The Morgan fingerprint density at radius 3 is 2.59 bits per heavy atom. The second kappa shape index (κ2) is 6.61. The Morgan fingerprint density at radius 2 is 2.05 bits per heavy atom. The third-order valence-corrected chi connectivity index (χ3v) is 2.92. The molecule has 0 aliphatic rings. The van der Waals surface area contributed by atoms with Crippen molar-refractivity contribution in [2.45, 2.75) is 20.4 Å². The van der Waals surface area contributed by atoms with Crippen LogP contribution in [0, 0.1) is 17.0 Å². The fraction of sp³-hybridized carbons (Fsp3) is 0.214. The number of carbonyl (C=O) groups is 1. The standard InChI is InChI=1S/C14H15N5O3/c1-10-7-8-18(17-10)9-14(20)16-15-11(2)12-3-5-13(6-4-12)19(21)22/h3-8H,9H2,1-2H3,(H,16,20)/b15-11-. The van der Waals surface area contributed by atoms with Crippen LogP contribution in [0.15, 0.2) is 41.6 Å². The Hall–Kier alpha value is -3.03. The molecular formula is C14H15N5O3. The molecule has 114 valence electrons. The molecule has 0 radical (unpaired) electrons. The van der Waals surface area contributed by atoms with Gasteiger partial charge in [0.15, 0.2) is 0 Å². The molecule has 0 atom stereocenters. The van der Waals surface area contributed by atoms with Crippen LogP contribution in [0.4, 0.5) is 5.69 Å². The minimum atomic E-state index is -0.468. The molecule has 2 aromatic rings. The highest BCUT2D eigenvalue weighted by Gasteiger charge is 2.06. The molecule has 0 aliphatic carbocycles. The van der Waals surface area contributed by atoms with Crippen LogP contribution >= 0.6 is 0 Å². The molecule has 2 rings (SSSR count). The zero-order valence-corrected chi connectivity index (χ0v) is 12.2. The number of nitrogens with one attached hydrogen (secondary N) is 1. The average molecular weight is 301 g/mol. The lowest BCUT2D eigenvalue weighted by Crippen LogP contribution is -2.24. The molecule has 0 saturated heterocycles. The number of benzene rings is 1. The van der Waals surface area contributed by atoms with Gasteiger partial charge in [0, 0.05) is 18.3 Å². The maximum absolute atomic E-state index is 11.7. The van der Waals surface area contributed by atoms with Crippen molar-refractivity contribution < 1.29 is 9.72 Å². The third-order valence-electron chi connectivity index (χ3n) is 2.92. The van der Waals surface area contributed by atoms with E-state index in [-0.39, 0.29) is 18.1 Å². The van der Waals surface area contributed by atoms with Gasteiger partial charge in [-0.05, 0) is 37.6 Å². The number of aryl methyl sites for hydroxylation is 1. The summed E-state index contributed by atoms with van der Waals surface area (Å²) in [6, 6.07) is 7.75. The summed E-state index contributed by atoms with van der Waals surface area (Å²) in [6.07, 6.45) is 1.71. The minimum absolute atomic E-state index is 0.00892. The van der Waals surface area contributed by atoms with Crippen molar-refractivity contribution >= 4 is 17.3 Å². The Balaban J connectivity index is 1.96. The number of amides is 1. The molecule has 8 nitrogen and oxygen atoms in total. The highest BCUT2D eigenvalue weighted by molar-refractivity contribution is 5.99. The summed E-state index contributed by atoms with van der Waals surface area (Å²) < 4.78 is 1.52. The van der Waals surface area contributed by atoms with Gasteiger partial charge in [0.2, 0.25) is 0 Å². The van der Waals surface area contributed by atoms with E-state index in [1.807, 2.05) is 6.92 Å². The summed E-state index contributed by atoms with van der Waals surface area (Å²) in [5, 5.41) is 18.7. The molecule has 1 aromatic heterocycles. The number of non-ortho nitro benzene ring substituents is 1. The van der Waals surface area contributed by atoms with Crippen LogP contribution < -0.4 is 5.43 Å². The quantitative estimate of drug-likeness (QED) is 0.515. The van der Waals surface area contributed by atoms with Crippen LogP contribution in [0.2, 0.25) is 0 Å². The molecular weight excluding hydrogens is 286 g/mol. The number of carbonyl (C=O) groups excluding carboxylic acids is 1. The van der Waals surface area contributed by atoms with E-state index in [0.29, 0.717) is 11.3 Å². The zero-order chi connectivity index (χ0) is 16.1. The second-order valence-electron chi connectivity index (χ2n) is 4.69. The van der Waals surface area contributed by atoms with E-state index in [2.05, 4.69) is 15.6 Å². The van der Waals surface area contributed by atoms with E-state index in [0.717, 1.165) is 5.69 Å². The number of hydrazone groups is 1. The van der Waals surface area contributed by atoms with Gasteiger partial charge >= 0.3 is 0 Å². The average Bonchev–Trinajstić information content (AvgIpc) is 2.90. The van der Waals surface area contributed by atoms with Gasteiger partial charge in [-0.15, -0.1) is 0 Å². The van der Waals surface area contributed by atoms with Crippen molar-refractivity contribution in [2.75, 3.05) is 0 Å². The molecule has 0 unspecified atom stereocenters. The van der Waals surface area contributed by atoms with Crippen LogP contribution in [-0.4, -0.2) is 26.3 Å². The van der Waals surface area contributed by atoms with E-state index >= 15 is 0 Å². The molecule has 0 saturated carbocycles. The molecule has 0 aliphatic heterocycles. The monoisotopic (exact) mass is 301 g/mol. The lowest BCUT2D eigenvalue weighted by Gasteiger charge is -2.03. The fourth-order valence-corrected chi connectivity index (χ4v) is 1.77. The number of hydrogen-bond acceptors (Lipinski definition) is 5. The van der Waals surface area contributed by atoms with E-state index < -0.39 is 4.92 Å². The summed E-state index contributed by atoms with van der Waals surface area (Å²) >= 11 is 0. The van der Waals surface area contributed by atoms with E-state index in [9.17, 15) is 14.9 Å². The van der Waals surface area contributed by atoms with Crippen molar-refractivity contribution in [3.8, 4) is 0 Å². The molecule has 1 heterocycles. The van der Waals surface area contributed by atoms with Gasteiger partial charge in [0.05, 0.1) is 16.3 Å². The maximum Gasteiger partial charge on any atom is 0.269 e. The van der Waals surface area contributed by atoms with Crippen LogP contribution in [0.5, 0.6) is 0 Å². The van der Waals surface area contributed by atoms with Crippen LogP contribution in [0.1, 0.15) is 18.2 Å². The Labute approximate surface area is 126 Å². The number of nitrogens with zero attached hydrogens (tertiary/aromatic N) is 4. The SMILES string of the molecule is C/C(=N/NC(=O)Cn1ccc(C)n1)c1ccc([N+](=O)[O-])cc1. The summed E-state index contributed by atoms with van der Waals surface area (Å²) in [7, 11) is 0. The number of nitro benzene ring substituents is 1. The maximum atomic E-state index is 11.7. The number of nitro groups is 1. The lowest BCUT2D eigenvalue weighted by molar-refractivity contribution is -0.384. The van der Waals surface area contributed by atoms with Crippen LogP contribution in [-0.2, 0) is 11.3 Å². The predicted molar refractivity (Wildman–Crippen MR) is 80.4 cm³/mol. The fourth-order valence-electron chi connectivity index (χ4n) is 1.77. The largest absolute Gasteiger partial charge is 0.271 e. The van der Waals surface area contributed by atoms with Gasteiger partial charge in [0.25, 0.3) is 11.6 Å². The molecule has 1 aromatic carbocycles. The van der Waals surface area contributed by atoms with Crippen molar-refractivity contribution in [3.63, 3.8) is 0 Å². The van der Waals surface area contributed by atoms with Crippen molar-refractivity contribution in [2.24, 2.45) is 5.10 Å². The van der Waals surface area contributed by atoms with Crippen molar-refractivity contribution in [1.29, 1.82) is 0 Å². The van der Waals surface area contributed by atoms with Gasteiger partial charge < -0.3 is 0 Å². The first kappa shape index (κ1) is 15.4. The van der Waals surface area contributed by atoms with Crippen molar-refractivity contribution in [3.05, 3.63) is 57.9 Å². The Morgan fingerprint density at radius 1 is 1.36 bits per heavy atom. The summed E-state index contributed by atoms with van der Waals surface area (Å²) in [5.41, 5.74) is 4.52. The second-order valence-corrected chi connectivity index (χ2v) is 4.69. The van der Waals surface area contributed by atoms with Crippen molar-refractivity contribution in [1.82, 2.24) is 15.2 Å². The molecule has 22 heavy (non-hydrogen) atoms. The van der Waals surface area contributed by atoms with Gasteiger partial charge in [-0.3, -0.25) is 19.6 Å². The Kier molecular flexibility index (Phi) is 4.62. The highest BCUT2D eigenvalue weighted by atomic mass is 16.6. The predicted octanol–water partition coefficient (Wildman–Crippen LogP) is 1.64. The normalized spacial score (nSPS) is 11.3. The summed E-state index contributed by atoms with van der Waals surface area (Å²) in [5.74, 6) is -0.302. The van der Waals surface area contributed by atoms with Gasteiger partial charge in [-0.2, -0.15) is 10.2 Å². The Bertz CT molecular complexity index is 718. The van der Waals surface area contributed by atoms with E-state index in [4.69, 9.17) is 0 Å². The van der Waals surface area contributed by atoms with E-state index in [1.165, 1.54) is 16.8 Å². The molecule has 0 bridgehead atoms. The number of rotatable bonds is 5. The molecule has 1 amide bonds. The first-order valence-electron chi connectivity index (χ1n) is 6.54. The molecule has 0 fully saturated rings. The van der Waals surface area contributed by atoms with Crippen LogP contribution in [0.25, 0.3) is 0 Å². The molecule has 0 spiro atoms. The van der Waals surface area contributed by atoms with E-state index in [1.54, 1.807) is 31.3 Å². The molecule has 8 heteroatoms. The highest BCUT2D eigenvalue weighted by Crippen LogP contribution is 2.12. The van der Waals surface area contributed by atoms with Gasteiger partial charge in [-0.1, -0.05) is 0 Å². The lowest BCUT2D eigenvalue weighted by atomic mass is 10.1.